The lowest BCUT2D eigenvalue weighted by molar-refractivity contribution is -0.143. The summed E-state index contributed by atoms with van der Waals surface area (Å²) >= 11 is 2.24. The third-order valence-electron chi connectivity index (χ3n) is 11.8. The zero-order valence-electron chi connectivity index (χ0n) is 27.6. The predicted octanol–water partition coefficient (Wildman–Crippen LogP) is 6.81. The van der Waals surface area contributed by atoms with Crippen LogP contribution in [0.2, 0.25) is 0 Å². The van der Waals surface area contributed by atoms with Crippen LogP contribution in [0.3, 0.4) is 0 Å². The molecule has 45 heavy (non-hydrogen) atoms. The molecule has 5 aliphatic rings. The van der Waals surface area contributed by atoms with Gasteiger partial charge in [-0.25, -0.2) is 0 Å². The highest BCUT2D eigenvalue weighted by Gasteiger charge is 2.58. The predicted molar refractivity (Wildman–Crippen MR) is 185 cm³/mol. The van der Waals surface area contributed by atoms with Crippen LogP contribution < -0.4 is 0 Å². The van der Waals surface area contributed by atoms with Gasteiger partial charge in [0.25, 0.3) is 11.8 Å². The summed E-state index contributed by atoms with van der Waals surface area (Å²) in [7, 11) is 0. The third kappa shape index (κ3) is 7.21. The number of aliphatic hydroxyl groups is 1. The minimum absolute atomic E-state index is 0.0629. The lowest BCUT2D eigenvalue weighted by Gasteiger charge is -2.46. The van der Waals surface area contributed by atoms with E-state index in [1.54, 1.807) is 4.90 Å². The quantitative estimate of drug-likeness (QED) is 0.214. The van der Waals surface area contributed by atoms with Gasteiger partial charge in [-0.2, -0.15) is 11.8 Å². The van der Waals surface area contributed by atoms with Gasteiger partial charge in [-0.3, -0.25) is 14.5 Å². The molecule has 0 radical (unpaired) electrons. The summed E-state index contributed by atoms with van der Waals surface area (Å²) in [4.78, 5) is 32.7. The van der Waals surface area contributed by atoms with E-state index in [9.17, 15) is 14.7 Å². The molecule has 3 heterocycles. The normalized spacial score (nSPS) is 29.1. The molecular formula is C38H57N3O3S. The second kappa shape index (κ2) is 14.9. The Morgan fingerprint density at radius 1 is 0.844 bits per heavy atom. The summed E-state index contributed by atoms with van der Waals surface area (Å²) in [6.45, 7) is 8.38. The second-order valence-corrected chi connectivity index (χ2v) is 16.0. The van der Waals surface area contributed by atoms with E-state index in [2.05, 4.69) is 53.6 Å². The maximum Gasteiger partial charge on any atom is 0.254 e. The Balaban J connectivity index is 1.19. The van der Waals surface area contributed by atoms with E-state index in [-0.39, 0.29) is 17.2 Å². The SMILES string of the molecule is C=CCCCCCCN1CCC2SCC(c3ccc(C(=O)N4CCN(C(=O)C5(O)CC5)CC4)cc3)(C3CCCCCCCC3)C21. The highest BCUT2D eigenvalue weighted by atomic mass is 32.2. The van der Waals surface area contributed by atoms with Crippen LogP contribution in [0.4, 0.5) is 0 Å². The van der Waals surface area contributed by atoms with Crippen LogP contribution in [0.15, 0.2) is 36.9 Å². The van der Waals surface area contributed by atoms with Crippen LogP contribution in [-0.4, -0.2) is 93.5 Å². The Labute approximate surface area is 276 Å². The van der Waals surface area contributed by atoms with Crippen LogP contribution in [0.1, 0.15) is 119 Å². The first-order valence-electron chi connectivity index (χ1n) is 18.3. The van der Waals surface area contributed by atoms with Gasteiger partial charge in [0.1, 0.15) is 5.60 Å². The summed E-state index contributed by atoms with van der Waals surface area (Å²) in [5.41, 5.74) is 1.24. The Bertz CT molecular complexity index is 1150. The first-order valence-corrected chi connectivity index (χ1v) is 19.4. The van der Waals surface area contributed by atoms with Gasteiger partial charge in [-0.05, 0) is 88.1 Å². The number of carbonyl (C=O) groups is 2. The Hall–Kier alpha value is -1.83. The summed E-state index contributed by atoms with van der Waals surface area (Å²) in [5.74, 6) is 1.81. The molecule has 1 aromatic carbocycles. The van der Waals surface area contributed by atoms with E-state index in [1.165, 1.54) is 108 Å². The van der Waals surface area contributed by atoms with Crippen molar-refractivity contribution in [2.45, 2.75) is 125 Å². The number of fused-ring (bicyclic) bond motifs is 1. The van der Waals surface area contributed by atoms with Gasteiger partial charge in [0.2, 0.25) is 0 Å². The largest absolute Gasteiger partial charge is 0.380 e. The summed E-state index contributed by atoms with van der Waals surface area (Å²) < 4.78 is 0. The van der Waals surface area contributed by atoms with Crippen LogP contribution in [-0.2, 0) is 10.2 Å². The molecule has 0 spiro atoms. The number of allylic oxidation sites excluding steroid dienone is 1. The van der Waals surface area contributed by atoms with Crippen molar-refractivity contribution in [1.82, 2.24) is 14.7 Å². The van der Waals surface area contributed by atoms with Crippen LogP contribution in [0, 0.1) is 5.92 Å². The van der Waals surface area contributed by atoms with Gasteiger partial charge in [0.05, 0.1) is 0 Å². The number of amides is 2. The number of unbranched alkanes of at least 4 members (excludes halogenated alkanes) is 4. The lowest BCUT2D eigenvalue weighted by Crippen LogP contribution is -2.53. The zero-order valence-corrected chi connectivity index (χ0v) is 28.4. The highest BCUT2D eigenvalue weighted by molar-refractivity contribution is 8.00. The Morgan fingerprint density at radius 3 is 2.16 bits per heavy atom. The number of carbonyl (C=O) groups excluding carboxylic acids is 2. The molecule has 2 saturated carbocycles. The first kappa shape index (κ1) is 33.1. The molecule has 6 nitrogen and oxygen atoms in total. The molecule has 0 bridgehead atoms. The molecule has 3 saturated heterocycles. The number of thioether (sulfide) groups is 1. The number of nitrogens with zero attached hydrogens (tertiary/aromatic N) is 3. The minimum Gasteiger partial charge on any atom is -0.380 e. The van der Waals surface area contributed by atoms with Crippen LogP contribution in [0.5, 0.6) is 0 Å². The monoisotopic (exact) mass is 635 g/mol. The Kier molecular flexibility index (Phi) is 11.0. The number of rotatable bonds is 11. The first-order chi connectivity index (χ1) is 22.0. The van der Waals surface area contributed by atoms with Crippen molar-refractivity contribution in [3.63, 3.8) is 0 Å². The van der Waals surface area contributed by atoms with Crippen molar-refractivity contribution in [1.29, 1.82) is 0 Å². The molecule has 248 valence electrons. The molecule has 2 aliphatic carbocycles. The molecule has 7 heteroatoms. The second-order valence-electron chi connectivity index (χ2n) is 14.7. The average Bonchev–Trinajstić information content (AvgIpc) is 3.48. The van der Waals surface area contributed by atoms with E-state index in [1.807, 2.05) is 4.90 Å². The fraction of sp³-hybridized carbons (Fsp3) is 0.737. The molecule has 5 fully saturated rings. The molecule has 6 rings (SSSR count). The van der Waals surface area contributed by atoms with Gasteiger partial charge in [-0.15, -0.1) is 6.58 Å². The fourth-order valence-electron chi connectivity index (χ4n) is 9.04. The van der Waals surface area contributed by atoms with Crippen LogP contribution in [0.25, 0.3) is 0 Å². The van der Waals surface area contributed by atoms with Crippen LogP contribution >= 0.6 is 11.8 Å². The molecular weight excluding hydrogens is 579 g/mol. The van der Waals surface area contributed by atoms with Gasteiger partial charge in [-0.1, -0.05) is 69.6 Å². The van der Waals surface area contributed by atoms with Crippen molar-refractivity contribution < 1.29 is 14.7 Å². The number of benzene rings is 1. The van der Waals surface area contributed by atoms with Crippen molar-refractivity contribution >= 4 is 23.6 Å². The van der Waals surface area contributed by atoms with Gasteiger partial charge < -0.3 is 14.9 Å². The molecule has 3 atom stereocenters. The highest BCUT2D eigenvalue weighted by Crippen LogP contribution is 2.56. The number of likely N-dealkylation sites (tertiary alicyclic amines) is 1. The maximum absolute atomic E-state index is 13.6. The fourth-order valence-corrected chi connectivity index (χ4v) is 11.0. The molecule has 1 N–H and O–H groups in total. The summed E-state index contributed by atoms with van der Waals surface area (Å²) in [6.07, 6.45) is 21.7. The maximum atomic E-state index is 13.6. The summed E-state index contributed by atoms with van der Waals surface area (Å²) in [6, 6.07) is 9.47. The number of piperazine rings is 1. The minimum atomic E-state index is -1.13. The summed E-state index contributed by atoms with van der Waals surface area (Å²) in [5, 5.41) is 11.0. The van der Waals surface area contributed by atoms with Crippen molar-refractivity contribution in [3.05, 3.63) is 48.0 Å². The van der Waals surface area contributed by atoms with Crippen molar-refractivity contribution in [2.24, 2.45) is 5.92 Å². The molecule has 2 amide bonds. The smallest absolute Gasteiger partial charge is 0.254 e. The number of hydrogen-bond donors (Lipinski definition) is 1. The topological polar surface area (TPSA) is 64.1 Å². The standard InChI is InChI=1S/C38H57N3O3S/c1-2-3-4-5-10-13-23-39-24-20-33-34(39)38(29-45-33,31-14-11-8-6-7-9-12-15-31)32-18-16-30(17-19-32)35(42)40-25-27-41(28-26-40)36(43)37(44)21-22-37/h2,16-19,31,33-34,44H,1,3-15,20-29H2. The molecule has 3 aliphatic heterocycles. The average molecular weight is 636 g/mol. The lowest BCUT2D eigenvalue weighted by atomic mass is 9.63. The van der Waals surface area contributed by atoms with Crippen molar-refractivity contribution in [3.8, 4) is 0 Å². The Morgan fingerprint density at radius 2 is 1.49 bits per heavy atom. The zero-order chi connectivity index (χ0) is 31.3. The van der Waals surface area contributed by atoms with E-state index in [0.717, 1.165) is 12.0 Å². The van der Waals surface area contributed by atoms with E-state index in [4.69, 9.17) is 0 Å². The van der Waals surface area contributed by atoms with E-state index >= 15 is 0 Å². The van der Waals surface area contributed by atoms with Gasteiger partial charge >= 0.3 is 0 Å². The van der Waals surface area contributed by atoms with Gasteiger partial charge in [0, 0.05) is 54.2 Å². The molecule has 3 unspecified atom stereocenters. The number of hydrogen-bond acceptors (Lipinski definition) is 5. The van der Waals surface area contributed by atoms with Crippen molar-refractivity contribution in [2.75, 3.05) is 45.0 Å². The molecule has 1 aromatic rings. The van der Waals surface area contributed by atoms with E-state index in [0.29, 0.717) is 56.2 Å². The van der Waals surface area contributed by atoms with Gasteiger partial charge in [0.15, 0.2) is 0 Å². The molecule has 0 aromatic heterocycles. The van der Waals surface area contributed by atoms with E-state index < -0.39 is 5.60 Å². The third-order valence-corrected chi connectivity index (χ3v) is 13.4.